The maximum atomic E-state index is 10.9. The highest BCUT2D eigenvalue weighted by Crippen LogP contribution is 2.18. The third-order valence-corrected chi connectivity index (χ3v) is 4.51. The lowest BCUT2D eigenvalue weighted by Crippen LogP contribution is -2.24. The Balaban J connectivity index is 1.80. The lowest BCUT2D eigenvalue weighted by atomic mass is 10.0. The molecule has 0 saturated heterocycles. The minimum atomic E-state index is -0.472. The number of nitrogens with one attached hydrogen (secondary N) is 2. The van der Waals surface area contributed by atoms with E-state index in [9.17, 15) is 9.90 Å². The lowest BCUT2D eigenvalue weighted by Gasteiger charge is -2.17. The normalized spacial score (nSPS) is 13.5. The molecular weight excluding hydrogens is 308 g/mol. The molecule has 1 aromatic carbocycles. The minimum absolute atomic E-state index is 0.00335. The first-order valence-corrected chi connectivity index (χ1v) is 8.77. The van der Waals surface area contributed by atoms with Gasteiger partial charge in [0.05, 0.1) is 6.10 Å². The molecule has 0 spiro atoms. The van der Waals surface area contributed by atoms with E-state index in [0.29, 0.717) is 13.1 Å². The van der Waals surface area contributed by atoms with E-state index < -0.39 is 6.10 Å². The zero-order valence-electron chi connectivity index (χ0n) is 13.6. The van der Waals surface area contributed by atoms with Crippen LogP contribution in [0.25, 0.3) is 0 Å². The second kappa shape index (κ2) is 8.82. The standard InChI is InChI=1S/C18H24N2O2S/c1-13(20-11-18(22)17-8-10-23-12-17)16-5-3-15(4-6-16)7-9-19-14(2)21/h3-6,8,10,12-13,18,20,22H,7,9,11H2,1-2H3,(H,19,21). The Morgan fingerprint density at radius 3 is 2.57 bits per heavy atom. The molecule has 1 heterocycles. The number of aliphatic hydroxyl groups excluding tert-OH is 1. The van der Waals surface area contributed by atoms with Gasteiger partial charge in [0.15, 0.2) is 0 Å². The van der Waals surface area contributed by atoms with Gasteiger partial charge in [-0.05, 0) is 46.9 Å². The summed E-state index contributed by atoms with van der Waals surface area (Å²) in [6.07, 6.45) is 0.360. The Hall–Kier alpha value is -1.69. The van der Waals surface area contributed by atoms with Gasteiger partial charge in [0, 0.05) is 26.1 Å². The van der Waals surface area contributed by atoms with Gasteiger partial charge in [-0.3, -0.25) is 4.79 Å². The van der Waals surface area contributed by atoms with Crippen LogP contribution in [0.1, 0.15) is 42.7 Å². The first-order valence-electron chi connectivity index (χ1n) is 7.83. The van der Waals surface area contributed by atoms with Gasteiger partial charge in [-0.15, -0.1) is 0 Å². The molecule has 3 N–H and O–H groups in total. The van der Waals surface area contributed by atoms with Crippen LogP contribution in [0.5, 0.6) is 0 Å². The van der Waals surface area contributed by atoms with Crippen LogP contribution in [0, 0.1) is 0 Å². The van der Waals surface area contributed by atoms with Gasteiger partial charge in [0.1, 0.15) is 0 Å². The van der Waals surface area contributed by atoms with Gasteiger partial charge >= 0.3 is 0 Å². The quantitative estimate of drug-likeness (QED) is 0.696. The molecule has 2 unspecified atom stereocenters. The van der Waals surface area contributed by atoms with E-state index in [1.807, 2.05) is 16.8 Å². The van der Waals surface area contributed by atoms with E-state index in [1.54, 1.807) is 11.3 Å². The van der Waals surface area contributed by atoms with Gasteiger partial charge in [-0.1, -0.05) is 24.3 Å². The first-order chi connectivity index (χ1) is 11.1. The SMILES string of the molecule is CC(=O)NCCc1ccc(C(C)NCC(O)c2ccsc2)cc1. The van der Waals surface area contributed by atoms with Crippen molar-refractivity contribution in [3.8, 4) is 0 Å². The lowest BCUT2D eigenvalue weighted by molar-refractivity contribution is -0.118. The first kappa shape index (κ1) is 17.7. The number of rotatable bonds is 8. The topological polar surface area (TPSA) is 61.4 Å². The third-order valence-electron chi connectivity index (χ3n) is 3.81. The van der Waals surface area contributed by atoms with Crippen LogP contribution in [-0.4, -0.2) is 24.1 Å². The predicted molar refractivity (Wildman–Crippen MR) is 94.5 cm³/mol. The summed E-state index contributed by atoms with van der Waals surface area (Å²) < 4.78 is 0. The summed E-state index contributed by atoms with van der Waals surface area (Å²) in [5.41, 5.74) is 3.35. The van der Waals surface area contributed by atoms with Crippen LogP contribution in [0.2, 0.25) is 0 Å². The number of amides is 1. The maximum absolute atomic E-state index is 10.9. The Morgan fingerprint density at radius 1 is 1.22 bits per heavy atom. The number of hydrogen-bond acceptors (Lipinski definition) is 4. The summed E-state index contributed by atoms with van der Waals surface area (Å²) in [7, 11) is 0. The largest absolute Gasteiger partial charge is 0.387 e. The summed E-state index contributed by atoms with van der Waals surface area (Å²) in [6, 6.07) is 10.5. The zero-order chi connectivity index (χ0) is 16.7. The van der Waals surface area contributed by atoms with Crippen molar-refractivity contribution in [1.82, 2.24) is 10.6 Å². The highest BCUT2D eigenvalue weighted by atomic mass is 32.1. The molecule has 2 rings (SSSR count). The fraction of sp³-hybridized carbons (Fsp3) is 0.389. The summed E-state index contributed by atoms with van der Waals surface area (Å²) in [5, 5.41) is 20.2. The van der Waals surface area contributed by atoms with Crippen LogP contribution in [0.3, 0.4) is 0 Å². The van der Waals surface area contributed by atoms with Crippen molar-refractivity contribution in [1.29, 1.82) is 0 Å². The molecule has 4 nitrogen and oxygen atoms in total. The molecule has 0 fully saturated rings. The van der Waals surface area contributed by atoms with Crippen LogP contribution >= 0.6 is 11.3 Å². The predicted octanol–water partition coefficient (Wildman–Crippen LogP) is 2.81. The molecule has 23 heavy (non-hydrogen) atoms. The molecule has 0 bridgehead atoms. The van der Waals surface area contributed by atoms with Crippen molar-refractivity contribution < 1.29 is 9.90 Å². The van der Waals surface area contributed by atoms with E-state index in [0.717, 1.165) is 12.0 Å². The average molecular weight is 332 g/mol. The van der Waals surface area contributed by atoms with E-state index in [-0.39, 0.29) is 11.9 Å². The van der Waals surface area contributed by atoms with E-state index in [4.69, 9.17) is 0 Å². The number of benzene rings is 1. The number of thiophene rings is 1. The van der Waals surface area contributed by atoms with Crippen LogP contribution in [-0.2, 0) is 11.2 Å². The summed E-state index contributed by atoms with van der Waals surface area (Å²) in [6.45, 7) is 4.81. The Bertz CT molecular complexity index is 596. The molecule has 1 aromatic heterocycles. The zero-order valence-corrected chi connectivity index (χ0v) is 14.4. The van der Waals surface area contributed by atoms with Crippen molar-refractivity contribution in [2.75, 3.05) is 13.1 Å². The molecule has 0 aliphatic heterocycles. The monoisotopic (exact) mass is 332 g/mol. The molecule has 0 aliphatic rings. The van der Waals surface area contributed by atoms with Gasteiger partial charge in [-0.2, -0.15) is 11.3 Å². The average Bonchev–Trinajstić information content (AvgIpc) is 3.07. The van der Waals surface area contributed by atoms with E-state index in [1.165, 1.54) is 18.1 Å². The van der Waals surface area contributed by atoms with Gasteiger partial charge in [-0.25, -0.2) is 0 Å². The molecule has 0 saturated carbocycles. The number of carbonyl (C=O) groups is 1. The second-order valence-corrected chi connectivity index (χ2v) is 6.46. The molecule has 1 amide bonds. The van der Waals surface area contributed by atoms with Crippen LogP contribution in [0.4, 0.5) is 0 Å². The van der Waals surface area contributed by atoms with Crippen LogP contribution in [0.15, 0.2) is 41.1 Å². The van der Waals surface area contributed by atoms with Crippen molar-refractivity contribution in [2.24, 2.45) is 0 Å². The highest BCUT2D eigenvalue weighted by molar-refractivity contribution is 7.07. The summed E-state index contributed by atoms with van der Waals surface area (Å²) in [4.78, 5) is 10.9. The fourth-order valence-corrected chi connectivity index (χ4v) is 3.05. The Morgan fingerprint density at radius 2 is 1.96 bits per heavy atom. The molecule has 0 radical (unpaired) electrons. The number of carbonyl (C=O) groups excluding carboxylic acids is 1. The molecule has 5 heteroatoms. The second-order valence-electron chi connectivity index (χ2n) is 5.68. The van der Waals surface area contributed by atoms with Gasteiger partial charge in [0.2, 0.25) is 5.91 Å². The minimum Gasteiger partial charge on any atom is -0.387 e. The molecule has 0 aliphatic carbocycles. The third kappa shape index (κ3) is 5.78. The van der Waals surface area contributed by atoms with E-state index >= 15 is 0 Å². The highest BCUT2D eigenvalue weighted by Gasteiger charge is 2.11. The smallest absolute Gasteiger partial charge is 0.216 e. The Kier molecular flexibility index (Phi) is 6.77. The fourth-order valence-electron chi connectivity index (χ4n) is 2.34. The Labute approximate surface area is 141 Å². The van der Waals surface area contributed by atoms with Gasteiger partial charge < -0.3 is 15.7 Å². The molecule has 124 valence electrons. The van der Waals surface area contributed by atoms with Crippen molar-refractivity contribution in [3.63, 3.8) is 0 Å². The molecule has 2 atom stereocenters. The number of hydrogen-bond donors (Lipinski definition) is 3. The van der Waals surface area contributed by atoms with Crippen molar-refractivity contribution in [2.45, 2.75) is 32.4 Å². The summed E-state index contributed by atoms with van der Waals surface area (Å²) in [5.74, 6) is 0.00335. The number of aliphatic hydroxyl groups is 1. The molecule has 2 aromatic rings. The molecular formula is C18H24N2O2S. The maximum Gasteiger partial charge on any atom is 0.216 e. The summed E-state index contributed by atoms with van der Waals surface area (Å²) >= 11 is 1.59. The van der Waals surface area contributed by atoms with Gasteiger partial charge in [0.25, 0.3) is 0 Å². The van der Waals surface area contributed by atoms with Crippen LogP contribution < -0.4 is 10.6 Å². The van der Waals surface area contributed by atoms with Crippen molar-refractivity contribution in [3.05, 3.63) is 57.8 Å². The van der Waals surface area contributed by atoms with E-state index in [2.05, 4.69) is 41.8 Å². The van der Waals surface area contributed by atoms with Crippen molar-refractivity contribution >= 4 is 17.2 Å².